The molecule has 1 fully saturated rings. The third-order valence-electron chi connectivity index (χ3n) is 5.21. The molecule has 0 aromatic heterocycles. The molecule has 0 bridgehead atoms. The Balaban J connectivity index is 1.56. The quantitative estimate of drug-likeness (QED) is 0.670. The van der Waals surface area contributed by atoms with Crippen LogP contribution in [0.5, 0.6) is 0 Å². The maximum absolute atomic E-state index is 13.8. The molecule has 1 unspecified atom stereocenters. The van der Waals surface area contributed by atoms with Gasteiger partial charge in [-0.3, -0.25) is 4.90 Å². The molecule has 1 heterocycles. The van der Waals surface area contributed by atoms with Crippen molar-refractivity contribution in [3.05, 3.63) is 69.0 Å². The van der Waals surface area contributed by atoms with Gasteiger partial charge in [-0.2, -0.15) is 5.26 Å². The Kier molecular flexibility index (Phi) is 7.54. The Bertz CT molecular complexity index is 945. The number of hydrogen-bond acceptors (Lipinski definition) is 3. The van der Waals surface area contributed by atoms with Gasteiger partial charge in [0, 0.05) is 37.7 Å². The smallest absolute Gasteiger partial charge is 0.317 e. The van der Waals surface area contributed by atoms with Crippen molar-refractivity contribution in [2.45, 2.75) is 25.9 Å². The zero-order chi connectivity index (χ0) is 21.7. The van der Waals surface area contributed by atoms with Crippen LogP contribution in [0.25, 0.3) is 0 Å². The van der Waals surface area contributed by atoms with Gasteiger partial charge in [-0.25, -0.2) is 9.18 Å². The lowest BCUT2D eigenvalue weighted by Crippen LogP contribution is -2.43. The Labute approximate surface area is 186 Å². The Morgan fingerprint density at radius 2 is 1.90 bits per heavy atom. The van der Waals surface area contributed by atoms with Gasteiger partial charge in [0.1, 0.15) is 5.82 Å². The summed E-state index contributed by atoms with van der Waals surface area (Å²) in [6.07, 6.45) is 0.856. The first-order chi connectivity index (χ1) is 14.4. The predicted octanol–water partition coefficient (Wildman–Crippen LogP) is 4.98. The van der Waals surface area contributed by atoms with E-state index in [0.717, 1.165) is 31.6 Å². The van der Waals surface area contributed by atoms with Gasteiger partial charge in [-0.15, -0.1) is 0 Å². The van der Waals surface area contributed by atoms with Gasteiger partial charge >= 0.3 is 6.03 Å². The van der Waals surface area contributed by atoms with Crippen LogP contribution in [-0.2, 0) is 6.54 Å². The zero-order valence-corrected chi connectivity index (χ0v) is 18.2. The van der Waals surface area contributed by atoms with Crippen molar-refractivity contribution in [3.8, 4) is 6.07 Å². The summed E-state index contributed by atoms with van der Waals surface area (Å²) in [6.45, 7) is 5.41. The largest absolute Gasteiger partial charge is 0.331 e. The molecule has 0 aliphatic carbocycles. The van der Waals surface area contributed by atoms with Crippen LogP contribution in [0, 0.1) is 17.1 Å². The average Bonchev–Trinajstić information content (AvgIpc) is 2.97. The van der Waals surface area contributed by atoms with Gasteiger partial charge in [-0.1, -0.05) is 35.3 Å². The number of nitrogens with one attached hydrogen (secondary N) is 1. The van der Waals surface area contributed by atoms with Crippen LogP contribution in [0.3, 0.4) is 0 Å². The molecule has 8 heteroatoms. The van der Waals surface area contributed by atoms with E-state index < -0.39 is 11.9 Å². The minimum atomic E-state index is -0.564. The molecule has 5 nitrogen and oxygen atoms in total. The lowest BCUT2D eigenvalue weighted by atomic mass is 10.1. The summed E-state index contributed by atoms with van der Waals surface area (Å²) < 4.78 is 13.8. The van der Waals surface area contributed by atoms with Gasteiger partial charge in [0.2, 0.25) is 0 Å². The van der Waals surface area contributed by atoms with E-state index in [9.17, 15) is 9.18 Å². The topological polar surface area (TPSA) is 59.4 Å². The van der Waals surface area contributed by atoms with E-state index in [-0.39, 0.29) is 11.1 Å². The summed E-state index contributed by atoms with van der Waals surface area (Å²) in [5.41, 5.74) is 2.27. The summed E-state index contributed by atoms with van der Waals surface area (Å²) in [5.74, 6) is -0.564. The normalized spacial score (nSPS) is 15.9. The van der Waals surface area contributed by atoms with Crippen LogP contribution in [-0.4, -0.2) is 42.0 Å². The summed E-state index contributed by atoms with van der Waals surface area (Å²) in [5, 5.41) is 12.1. The highest BCUT2D eigenvalue weighted by Crippen LogP contribution is 2.28. The summed E-state index contributed by atoms with van der Waals surface area (Å²) in [7, 11) is 0. The lowest BCUT2D eigenvalue weighted by Gasteiger charge is -2.25. The maximum Gasteiger partial charge on any atom is 0.317 e. The first-order valence-electron chi connectivity index (χ1n) is 9.78. The molecule has 158 valence electrons. The number of urea groups is 1. The molecule has 0 spiro atoms. The van der Waals surface area contributed by atoms with Gasteiger partial charge in [0.25, 0.3) is 0 Å². The first kappa shape index (κ1) is 22.4. The van der Waals surface area contributed by atoms with Crippen molar-refractivity contribution in [1.29, 1.82) is 5.26 Å². The second-order valence-electron chi connectivity index (χ2n) is 7.38. The number of hydrogen-bond donors (Lipinski definition) is 1. The number of amides is 2. The molecule has 0 saturated carbocycles. The number of rotatable bonds is 4. The fraction of sp³-hybridized carbons (Fsp3) is 0.364. The molecule has 1 aliphatic rings. The van der Waals surface area contributed by atoms with Crippen molar-refractivity contribution in [3.63, 3.8) is 0 Å². The molecule has 3 rings (SSSR count). The molecule has 1 N–H and O–H groups in total. The Morgan fingerprint density at radius 3 is 2.60 bits per heavy atom. The average molecular weight is 449 g/mol. The predicted molar refractivity (Wildman–Crippen MR) is 116 cm³/mol. The maximum atomic E-state index is 13.8. The highest BCUT2D eigenvalue weighted by atomic mass is 35.5. The number of carbonyl (C=O) groups is 1. The van der Waals surface area contributed by atoms with Crippen LogP contribution in [0.4, 0.5) is 9.18 Å². The number of halogens is 3. The fourth-order valence-electron chi connectivity index (χ4n) is 3.50. The number of nitrogens with zero attached hydrogens (tertiary/aromatic N) is 3. The molecule has 2 aromatic carbocycles. The minimum absolute atomic E-state index is 0.0443. The molecular formula is C22H23Cl2FN4O. The summed E-state index contributed by atoms with van der Waals surface area (Å²) in [4.78, 5) is 16.8. The van der Waals surface area contributed by atoms with Gasteiger partial charge in [0.15, 0.2) is 0 Å². The van der Waals surface area contributed by atoms with Crippen molar-refractivity contribution in [1.82, 2.24) is 15.1 Å². The fourth-order valence-corrected chi connectivity index (χ4v) is 4.05. The van der Waals surface area contributed by atoms with Crippen molar-refractivity contribution >= 4 is 29.2 Å². The zero-order valence-electron chi connectivity index (χ0n) is 16.7. The highest BCUT2D eigenvalue weighted by molar-refractivity contribution is 6.35. The van der Waals surface area contributed by atoms with E-state index in [1.165, 1.54) is 12.1 Å². The second-order valence-corrected chi connectivity index (χ2v) is 8.20. The van der Waals surface area contributed by atoms with Gasteiger partial charge in [0.05, 0.1) is 22.7 Å². The van der Waals surface area contributed by atoms with Crippen LogP contribution in [0.2, 0.25) is 10.0 Å². The SMILES string of the molecule is CC(NC(=O)N1CCCN(Cc2ccc(C#N)cc2)CC1)c1cc(F)c(Cl)cc1Cl. The summed E-state index contributed by atoms with van der Waals surface area (Å²) >= 11 is 11.9. The van der Waals surface area contributed by atoms with Crippen LogP contribution in [0.1, 0.15) is 36.1 Å². The minimum Gasteiger partial charge on any atom is -0.331 e. The number of carbonyl (C=O) groups excluding carboxylic acids is 1. The van der Waals surface area contributed by atoms with Gasteiger partial charge in [-0.05, 0) is 48.7 Å². The molecule has 2 amide bonds. The van der Waals surface area contributed by atoms with E-state index in [2.05, 4.69) is 16.3 Å². The first-order valence-corrected chi connectivity index (χ1v) is 10.5. The van der Waals surface area contributed by atoms with E-state index >= 15 is 0 Å². The van der Waals surface area contributed by atoms with Crippen molar-refractivity contribution in [2.24, 2.45) is 0 Å². The molecule has 1 saturated heterocycles. The van der Waals surface area contributed by atoms with E-state index in [4.69, 9.17) is 28.5 Å². The Morgan fingerprint density at radius 1 is 1.17 bits per heavy atom. The number of nitriles is 1. The summed E-state index contributed by atoms with van der Waals surface area (Å²) in [6, 6.07) is 11.6. The van der Waals surface area contributed by atoms with Crippen LogP contribution < -0.4 is 5.32 Å². The lowest BCUT2D eigenvalue weighted by molar-refractivity contribution is 0.194. The molecule has 0 radical (unpaired) electrons. The van der Waals surface area contributed by atoms with E-state index in [1.807, 2.05) is 24.3 Å². The van der Waals surface area contributed by atoms with E-state index in [0.29, 0.717) is 29.2 Å². The molecular weight excluding hydrogens is 426 g/mol. The molecule has 1 aliphatic heterocycles. The van der Waals surface area contributed by atoms with Crippen LogP contribution in [0.15, 0.2) is 36.4 Å². The number of benzene rings is 2. The van der Waals surface area contributed by atoms with Gasteiger partial charge < -0.3 is 10.2 Å². The second kappa shape index (κ2) is 10.1. The molecule has 30 heavy (non-hydrogen) atoms. The monoisotopic (exact) mass is 448 g/mol. The van der Waals surface area contributed by atoms with Crippen LogP contribution >= 0.6 is 23.2 Å². The van der Waals surface area contributed by atoms with E-state index in [1.54, 1.807) is 11.8 Å². The Hall–Kier alpha value is -2.33. The standard InChI is InChI=1S/C22H23Cl2FN4O/c1-15(18-11-21(25)20(24)12-19(18)23)27-22(30)29-8-2-7-28(9-10-29)14-17-5-3-16(13-26)4-6-17/h3-6,11-12,15H,2,7-10,14H2,1H3,(H,27,30). The third-order valence-corrected chi connectivity index (χ3v) is 5.83. The highest BCUT2D eigenvalue weighted by Gasteiger charge is 2.22. The third kappa shape index (κ3) is 5.63. The van der Waals surface area contributed by atoms with Crippen molar-refractivity contribution in [2.75, 3.05) is 26.2 Å². The van der Waals surface area contributed by atoms with Crippen molar-refractivity contribution < 1.29 is 9.18 Å². The molecule has 1 atom stereocenters. The molecule has 2 aromatic rings.